The van der Waals surface area contributed by atoms with Gasteiger partial charge in [0.1, 0.15) is 9.84 Å². The van der Waals surface area contributed by atoms with Crippen molar-refractivity contribution in [2.45, 2.75) is 18.8 Å². The third-order valence-electron chi connectivity index (χ3n) is 3.38. The van der Waals surface area contributed by atoms with Gasteiger partial charge in [0.25, 0.3) is 0 Å². The summed E-state index contributed by atoms with van der Waals surface area (Å²) in [6, 6.07) is 3.43. The lowest BCUT2D eigenvalue weighted by molar-refractivity contribution is -0.140. The number of carboxylic acid groups (broad SMARTS) is 1. The van der Waals surface area contributed by atoms with E-state index in [1.165, 1.54) is 0 Å². The first-order valence-corrected chi connectivity index (χ1v) is 7.65. The van der Waals surface area contributed by atoms with Crippen LogP contribution in [0.2, 0.25) is 0 Å². The predicted octanol–water partition coefficient (Wildman–Crippen LogP) is 1.07. The highest BCUT2D eigenvalue weighted by molar-refractivity contribution is 7.91. The molecule has 1 fully saturated rings. The zero-order valence-electron chi connectivity index (χ0n) is 9.82. The molecule has 2 rings (SSSR count). The molecule has 5 nitrogen and oxygen atoms in total. The molecule has 1 aromatic rings. The molecular formula is C12H15NO4S. The SMILES string of the molecule is O=C(O)C(c1cccnc1)C1CCS(=O)(=O)CC1. The fourth-order valence-corrected chi connectivity index (χ4v) is 3.95. The van der Waals surface area contributed by atoms with Crippen LogP contribution in [0.1, 0.15) is 24.3 Å². The number of carbonyl (C=O) groups is 1. The van der Waals surface area contributed by atoms with E-state index in [9.17, 15) is 18.3 Å². The summed E-state index contributed by atoms with van der Waals surface area (Å²) in [6.45, 7) is 0. The van der Waals surface area contributed by atoms with Crippen LogP contribution in [0.15, 0.2) is 24.5 Å². The van der Waals surface area contributed by atoms with Crippen LogP contribution < -0.4 is 0 Å². The van der Waals surface area contributed by atoms with E-state index in [0.29, 0.717) is 18.4 Å². The maximum absolute atomic E-state index is 11.4. The van der Waals surface area contributed by atoms with Crippen LogP contribution in [0.5, 0.6) is 0 Å². The first-order chi connectivity index (χ1) is 8.49. The molecule has 18 heavy (non-hydrogen) atoms. The molecule has 1 aliphatic rings. The standard InChI is InChI=1S/C12H15NO4S/c14-12(15)11(10-2-1-5-13-8-10)9-3-6-18(16,17)7-4-9/h1-2,5,8-9,11H,3-4,6-7H2,(H,14,15). The smallest absolute Gasteiger partial charge is 0.311 e. The van der Waals surface area contributed by atoms with Gasteiger partial charge >= 0.3 is 5.97 Å². The molecule has 0 spiro atoms. The zero-order chi connectivity index (χ0) is 13.2. The molecule has 0 saturated carbocycles. The summed E-state index contributed by atoms with van der Waals surface area (Å²) in [5.41, 5.74) is 0.647. The Labute approximate surface area is 106 Å². The molecule has 98 valence electrons. The first-order valence-electron chi connectivity index (χ1n) is 5.83. The Morgan fingerprint density at radius 2 is 2.06 bits per heavy atom. The van der Waals surface area contributed by atoms with Crippen molar-refractivity contribution in [3.8, 4) is 0 Å². The lowest BCUT2D eigenvalue weighted by atomic mass is 9.83. The summed E-state index contributed by atoms with van der Waals surface area (Å²) in [5.74, 6) is -1.53. The van der Waals surface area contributed by atoms with E-state index in [1.54, 1.807) is 24.5 Å². The van der Waals surface area contributed by atoms with Crippen molar-refractivity contribution >= 4 is 15.8 Å². The van der Waals surface area contributed by atoms with Crippen molar-refractivity contribution in [3.63, 3.8) is 0 Å². The first kappa shape index (κ1) is 13.0. The van der Waals surface area contributed by atoms with Gasteiger partial charge in [-0.1, -0.05) is 6.07 Å². The van der Waals surface area contributed by atoms with Crippen LogP contribution in [-0.2, 0) is 14.6 Å². The van der Waals surface area contributed by atoms with Gasteiger partial charge in [-0.3, -0.25) is 9.78 Å². The second-order valence-corrected chi connectivity index (χ2v) is 6.90. The normalized spacial score (nSPS) is 21.3. The Bertz CT molecular complexity index is 512. The van der Waals surface area contributed by atoms with Crippen LogP contribution in [0, 0.1) is 5.92 Å². The third kappa shape index (κ3) is 2.87. The van der Waals surface area contributed by atoms with Crippen molar-refractivity contribution in [2.24, 2.45) is 5.92 Å². The van der Waals surface area contributed by atoms with Crippen molar-refractivity contribution in [1.29, 1.82) is 0 Å². The summed E-state index contributed by atoms with van der Waals surface area (Å²) in [4.78, 5) is 15.3. The monoisotopic (exact) mass is 269 g/mol. The van der Waals surface area contributed by atoms with E-state index in [-0.39, 0.29) is 17.4 Å². The van der Waals surface area contributed by atoms with Crippen LogP contribution >= 0.6 is 0 Å². The predicted molar refractivity (Wildman–Crippen MR) is 66.0 cm³/mol. The zero-order valence-corrected chi connectivity index (χ0v) is 10.6. The topological polar surface area (TPSA) is 84.3 Å². The van der Waals surface area contributed by atoms with E-state index in [2.05, 4.69) is 4.98 Å². The number of hydrogen-bond acceptors (Lipinski definition) is 4. The summed E-state index contributed by atoms with van der Waals surface area (Å²) in [6.07, 6.45) is 3.96. The molecule has 1 aromatic heterocycles. The molecular weight excluding hydrogens is 254 g/mol. The maximum atomic E-state index is 11.4. The molecule has 0 aromatic carbocycles. The molecule has 1 unspecified atom stereocenters. The van der Waals surface area contributed by atoms with E-state index in [1.807, 2.05) is 0 Å². The largest absolute Gasteiger partial charge is 0.481 e. The number of aliphatic carboxylic acids is 1. The van der Waals surface area contributed by atoms with Gasteiger partial charge in [-0.05, 0) is 30.4 Å². The maximum Gasteiger partial charge on any atom is 0.311 e. The van der Waals surface area contributed by atoms with Crippen molar-refractivity contribution in [2.75, 3.05) is 11.5 Å². The molecule has 1 aliphatic heterocycles. The average molecular weight is 269 g/mol. The Kier molecular flexibility index (Phi) is 3.65. The minimum absolute atomic E-state index is 0.0850. The molecule has 0 amide bonds. The number of aromatic nitrogens is 1. The number of rotatable bonds is 3. The molecule has 0 bridgehead atoms. The number of nitrogens with zero attached hydrogens (tertiary/aromatic N) is 1. The second kappa shape index (κ2) is 5.06. The van der Waals surface area contributed by atoms with Gasteiger partial charge in [-0.15, -0.1) is 0 Å². The highest BCUT2D eigenvalue weighted by Crippen LogP contribution is 2.33. The van der Waals surface area contributed by atoms with E-state index in [0.717, 1.165) is 0 Å². The highest BCUT2D eigenvalue weighted by atomic mass is 32.2. The second-order valence-electron chi connectivity index (χ2n) is 4.59. The van der Waals surface area contributed by atoms with Crippen molar-refractivity contribution in [3.05, 3.63) is 30.1 Å². The molecule has 1 saturated heterocycles. The number of sulfone groups is 1. The van der Waals surface area contributed by atoms with Gasteiger partial charge < -0.3 is 5.11 Å². The lowest BCUT2D eigenvalue weighted by Gasteiger charge is -2.27. The quantitative estimate of drug-likeness (QED) is 0.887. The van der Waals surface area contributed by atoms with E-state index < -0.39 is 21.7 Å². The van der Waals surface area contributed by atoms with Crippen molar-refractivity contribution in [1.82, 2.24) is 4.98 Å². The Morgan fingerprint density at radius 3 is 2.56 bits per heavy atom. The van der Waals surface area contributed by atoms with E-state index >= 15 is 0 Å². The van der Waals surface area contributed by atoms with Crippen LogP contribution in [0.4, 0.5) is 0 Å². The Balaban J connectivity index is 2.20. The number of pyridine rings is 1. The molecule has 0 aliphatic carbocycles. The fraction of sp³-hybridized carbons (Fsp3) is 0.500. The fourth-order valence-electron chi connectivity index (χ4n) is 2.42. The number of hydrogen-bond donors (Lipinski definition) is 1. The average Bonchev–Trinajstić information content (AvgIpc) is 2.33. The minimum atomic E-state index is -2.97. The third-order valence-corrected chi connectivity index (χ3v) is 5.10. The summed E-state index contributed by atoms with van der Waals surface area (Å²) in [7, 11) is -2.97. The summed E-state index contributed by atoms with van der Waals surface area (Å²) >= 11 is 0. The molecule has 2 heterocycles. The molecule has 0 radical (unpaired) electrons. The summed E-state index contributed by atoms with van der Waals surface area (Å²) < 4.78 is 22.7. The summed E-state index contributed by atoms with van der Waals surface area (Å²) in [5, 5.41) is 9.33. The van der Waals surface area contributed by atoms with Crippen molar-refractivity contribution < 1.29 is 18.3 Å². The number of carboxylic acids is 1. The van der Waals surface area contributed by atoms with Gasteiger partial charge in [-0.2, -0.15) is 0 Å². The Hall–Kier alpha value is -1.43. The Morgan fingerprint density at radius 1 is 1.39 bits per heavy atom. The lowest BCUT2D eigenvalue weighted by Crippen LogP contribution is -2.30. The highest BCUT2D eigenvalue weighted by Gasteiger charge is 2.34. The van der Waals surface area contributed by atoms with Gasteiger partial charge in [0.15, 0.2) is 0 Å². The van der Waals surface area contributed by atoms with Crippen LogP contribution in [0.3, 0.4) is 0 Å². The van der Waals surface area contributed by atoms with Gasteiger partial charge in [0.2, 0.25) is 0 Å². The molecule has 1 atom stereocenters. The van der Waals surface area contributed by atoms with Gasteiger partial charge in [0, 0.05) is 12.4 Å². The van der Waals surface area contributed by atoms with Gasteiger partial charge in [-0.25, -0.2) is 8.42 Å². The van der Waals surface area contributed by atoms with Crippen LogP contribution in [0.25, 0.3) is 0 Å². The van der Waals surface area contributed by atoms with Gasteiger partial charge in [0.05, 0.1) is 17.4 Å². The van der Waals surface area contributed by atoms with Crippen LogP contribution in [-0.4, -0.2) is 36.0 Å². The molecule has 6 heteroatoms. The molecule has 1 N–H and O–H groups in total. The van der Waals surface area contributed by atoms with E-state index in [4.69, 9.17) is 0 Å². The minimum Gasteiger partial charge on any atom is -0.481 e.